The van der Waals surface area contributed by atoms with Gasteiger partial charge in [0.15, 0.2) is 5.13 Å². The molecule has 3 aromatic rings. The van der Waals surface area contributed by atoms with Crippen molar-refractivity contribution in [3.05, 3.63) is 57.7 Å². The van der Waals surface area contributed by atoms with Crippen LogP contribution in [0, 0.1) is 6.92 Å². The molecule has 2 aromatic heterocycles. The van der Waals surface area contributed by atoms with Crippen LogP contribution < -0.4 is 10.0 Å². The summed E-state index contributed by atoms with van der Waals surface area (Å²) in [5.74, 6) is -0.218. The number of aromatic nitrogens is 1. The van der Waals surface area contributed by atoms with Crippen molar-refractivity contribution >= 4 is 49.4 Å². The van der Waals surface area contributed by atoms with Crippen LogP contribution in [-0.2, 0) is 10.0 Å². The average Bonchev–Trinajstić information content (AvgIpc) is 3.19. The zero-order chi connectivity index (χ0) is 17.2. The maximum Gasteiger partial charge on any atom is 0.265 e. The Morgan fingerprint density at radius 2 is 1.88 bits per heavy atom. The van der Waals surface area contributed by atoms with Crippen molar-refractivity contribution in [1.29, 1.82) is 0 Å². The van der Waals surface area contributed by atoms with Gasteiger partial charge in [0.05, 0.1) is 9.77 Å². The van der Waals surface area contributed by atoms with Crippen LogP contribution in [0.25, 0.3) is 0 Å². The molecule has 3 rings (SSSR count). The van der Waals surface area contributed by atoms with Crippen LogP contribution in [0.4, 0.5) is 10.8 Å². The van der Waals surface area contributed by atoms with Gasteiger partial charge in [0.2, 0.25) is 0 Å². The average molecular weight is 379 g/mol. The number of nitrogens with zero attached hydrogens (tertiary/aromatic N) is 1. The standard InChI is InChI=1S/C15H13N3O3S3/c1-10-2-7-13(23-10)14(19)17-11-3-5-12(6-4-11)24(20,21)18-15-16-8-9-22-15/h2-9H,1H3,(H,16,18)(H,17,19). The first-order chi connectivity index (χ1) is 11.4. The van der Waals surface area contributed by atoms with Crippen LogP contribution in [0.3, 0.4) is 0 Å². The predicted octanol–water partition coefficient (Wildman–Crippen LogP) is 3.57. The minimum atomic E-state index is -3.69. The summed E-state index contributed by atoms with van der Waals surface area (Å²) in [7, 11) is -3.69. The topological polar surface area (TPSA) is 88.2 Å². The fourth-order valence-electron chi connectivity index (χ4n) is 1.91. The maximum atomic E-state index is 12.2. The maximum absolute atomic E-state index is 12.2. The Morgan fingerprint density at radius 3 is 2.46 bits per heavy atom. The summed E-state index contributed by atoms with van der Waals surface area (Å²) in [5, 5.41) is 4.73. The molecule has 0 spiro atoms. The molecule has 2 N–H and O–H groups in total. The van der Waals surface area contributed by atoms with E-state index in [9.17, 15) is 13.2 Å². The Kier molecular flexibility index (Phi) is 4.65. The lowest BCUT2D eigenvalue weighted by Crippen LogP contribution is -2.13. The van der Waals surface area contributed by atoms with Crippen LogP contribution in [0.2, 0.25) is 0 Å². The van der Waals surface area contributed by atoms with Crippen LogP contribution in [0.5, 0.6) is 0 Å². The molecular weight excluding hydrogens is 366 g/mol. The highest BCUT2D eigenvalue weighted by Crippen LogP contribution is 2.21. The first-order valence-corrected chi connectivity index (χ1v) is 10.0. The number of anilines is 2. The molecule has 2 heterocycles. The summed E-state index contributed by atoms with van der Waals surface area (Å²) < 4.78 is 26.9. The molecule has 0 aliphatic rings. The lowest BCUT2D eigenvalue weighted by atomic mass is 10.3. The number of sulfonamides is 1. The second-order valence-electron chi connectivity index (χ2n) is 4.83. The highest BCUT2D eigenvalue weighted by molar-refractivity contribution is 7.93. The Bertz CT molecular complexity index is 946. The zero-order valence-electron chi connectivity index (χ0n) is 12.5. The third-order valence-corrected chi connectivity index (χ3v) is 6.21. The van der Waals surface area contributed by atoms with Gasteiger partial charge in [0, 0.05) is 22.1 Å². The molecule has 0 radical (unpaired) electrons. The summed E-state index contributed by atoms with van der Waals surface area (Å²) in [6.07, 6.45) is 1.52. The van der Waals surface area contributed by atoms with E-state index in [0.717, 1.165) is 4.88 Å². The van der Waals surface area contributed by atoms with Gasteiger partial charge in [0.25, 0.3) is 15.9 Å². The van der Waals surface area contributed by atoms with Gasteiger partial charge in [-0.2, -0.15) is 0 Å². The number of nitrogens with one attached hydrogen (secondary N) is 2. The van der Waals surface area contributed by atoms with Crippen LogP contribution in [0.15, 0.2) is 52.9 Å². The molecule has 9 heteroatoms. The summed E-state index contributed by atoms with van der Waals surface area (Å²) in [6.45, 7) is 1.93. The largest absolute Gasteiger partial charge is 0.321 e. The second kappa shape index (κ2) is 6.71. The van der Waals surface area contributed by atoms with Gasteiger partial charge in [-0.05, 0) is 43.3 Å². The molecule has 124 valence electrons. The van der Waals surface area contributed by atoms with Gasteiger partial charge in [0.1, 0.15) is 0 Å². The Morgan fingerprint density at radius 1 is 1.12 bits per heavy atom. The summed E-state index contributed by atoms with van der Waals surface area (Å²) in [6, 6.07) is 9.60. The van der Waals surface area contributed by atoms with Crippen molar-refractivity contribution < 1.29 is 13.2 Å². The van der Waals surface area contributed by atoms with Crippen molar-refractivity contribution in [3.8, 4) is 0 Å². The molecule has 0 unspecified atom stereocenters. The number of benzene rings is 1. The minimum absolute atomic E-state index is 0.0997. The van der Waals surface area contributed by atoms with Gasteiger partial charge in [-0.1, -0.05) is 0 Å². The normalized spacial score (nSPS) is 11.2. The molecule has 0 fully saturated rings. The van der Waals surface area contributed by atoms with Gasteiger partial charge in [-0.3, -0.25) is 9.52 Å². The first-order valence-electron chi connectivity index (χ1n) is 6.84. The van der Waals surface area contributed by atoms with Gasteiger partial charge < -0.3 is 5.32 Å². The number of amides is 1. The van der Waals surface area contributed by atoms with Crippen LogP contribution in [0.1, 0.15) is 14.5 Å². The van der Waals surface area contributed by atoms with Crippen molar-refractivity contribution in [2.75, 3.05) is 10.0 Å². The molecule has 0 atom stereocenters. The number of rotatable bonds is 5. The van der Waals surface area contributed by atoms with E-state index in [1.54, 1.807) is 23.6 Å². The minimum Gasteiger partial charge on any atom is -0.321 e. The summed E-state index contributed by atoms with van der Waals surface area (Å²) in [5.41, 5.74) is 0.527. The van der Waals surface area contributed by atoms with Crippen molar-refractivity contribution in [2.24, 2.45) is 0 Å². The molecule has 1 aromatic carbocycles. The molecule has 0 saturated carbocycles. The smallest absolute Gasteiger partial charge is 0.265 e. The summed E-state index contributed by atoms with van der Waals surface area (Å²) in [4.78, 5) is 17.7. The van der Waals surface area contributed by atoms with E-state index >= 15 is 0 Å². The van der Waals surface area contributed by atoms with E-state index in [4.69, 9.17) is 0 Å². The molecule has 0 aliphatic carbocycles. The van der Waals surface area contributed by atoms with Gasteiger partial charge in [-0.25, -0.2) is 13.4 Å². The Labute approximate surface area is 147 Å². The third-order valence-electron chi connectivity index (χ3n) is 3.04. The fraction of sp³-hybridized carbons (Fsp3) is 0.0667. The quantitative estimate of drug-likeness (QED) is 0.709. The third kappa shape index (κ3) is 3.81. The number of thiophene rings is 1. The lowest BCUT2D eigenvalue weighted by Gasteiger charge is -2.07. The fourth-order valence-corrected chi connectivity index (χ4v) is 4.47. The van der Waals surface area contributed by atoms with Crippen LogP contribution in [-0.4, -0.2) is 19.3 Å². The van der Waals surface area contributed by atoms with E-state index in [1.807, 2.05) is 13.0 Å². The number of thiazole rings is 1. The number of hydrogen-bond acceptors (Lipinski definition) is 6. The Balaban J connectivity index is 1.72. The predicted molar refractivity (Wildman–Crippen MR) is 96.4 cm³/mol. The number of carbonyl (C=O) groups is 1. The van der Waals surface area contributed by atoms with Crippen molar-refractivity contribution in [2.45, 2.75) is 11.8 Å². The van der Waals surface area contributed by atoms with Gasteiger partial charge >= 0.3 is 0 Å². The Hall–Kier alpha value is -2.23. The van der Waals surface area contributed by atoms with E-state index in [1.165, 1.54) is 41.0 Å². The first kappa shape index (κ1) is 16.6. The molecule has 24 heavy (non-hydrogen) atoms. The van der Waals surface area contributed by atoms with Crippen LogP contribution >= 0.6 is 22.7 Å². The second-order valence-corrected chi connectivity index (χ2v) is 8.70. The zero-order valence-corrected chi connectivity index (χ0v) is 15.0. The number of carbonyl (C=O) groups excluding carboxylic acids is 1. The molecule has 0 aliphatic heterocycles. The van der Waals surface area contributed by atoms with E-state index in [-0.39, 0.29) is 10.8 Å². The number of hydrogen-bond donors (Lipinski definition) is 2. The van der Waals surface area contributed by atoms with E-state index in [0.29, 0.717) is 15.7 Å². The number of aryl methyl sites for hydroxylation is 1. The molecule has 6 nitrogen and oxygen atoms in total. The van der Waals surface area contributed by atoms with E-state index < -0.39 is 10.0 Å². The van der Waals surface area contributed by atoms with Gasteiger partial charge in [-0.15, -0.1) is 22.7 Å². The molecule has 1 amide bonds. The molecular formula is C15H13N3O3S3. The summed E-state index contributed by atoms with van der Waals surface area (Å²) >= 11 is 2.60. The molecule has 0 saturated heterocycles. The SMILES string of the molecule is Cc1ccc(C(=O)Nc2ccc(S(=O)(=O)Nc3nccs3)cc2)s1. The molecule has 0 bridgehead atoms. The van der Waals surface area contributed by atoms with Crippen molar-refractivity contribution in [1.82, 2.24) is 4.98 Å². The highest BCUT2D eigenvalue weighted by atomic mass is 32.2. The monoisotopic (exact) mass is 379 g/mol. The van der Waals surface area contributed by atoms with Crippen molar-refractivity contribution in [3.63, 3.8) is 0 Å². The highest BCUT2D eigenvalue weighted by Gasteiger charge is 2.16. The lowest BCUT2D eigenvalue weighted by molar-refractivity contribution is 0.103. The van der Waals surface area contributed by atoms with E-state index in [2.05, 4.69) is 15.0 Å².